The lowest BCUT2D eigenvalue weighted by Gasteiger charge is -2.08. The SMILES string of the molecule is O=C1C=C(COC(=O)c2ccc3c(c2)[nH]c(=O)n3CC(F)(F)F)CO1. The van der Waals surface area contributed by atoms with Crippen molar-refractivity contribution in [2.45, 2.75) is 12.7 Å². The lowest BCUT2D eigenvalue weighted by molar-refractivity contribution is -0.140. The number of esters is 2. The number of carbonyl (C=O) groups is 2. The number of alkyl halides is 3. The van der Waals surface area contributed by atoms with Crippen LogP contribution in [0.2, 0.25) is 0 Å². The van der Waals surface area contributed by atoms with E-state index in [1.165, 1.54) is 24.3 Å². The molecular formula is C15H11F3N2O5. The van der Waals surface area contributed by atoms with E-state index in [0.29, 0.717) is 10.1 Å². The first-order chi connectivity index (χ1) is 11.7. The highest BCUT2D eigenvalue weighted by atomic mass is 19.4. The molecule has 0 unspecified atom stereocenters. The van der Waals surface area contributed by atoms with Gasteiger partial charge in [0.1, 0.15) is 19.8 Å². The van der Waals surface area contributed by atoms with Gasteiger partial charge in [0.2, 0.25) is 0 Å². The molecule has 1 N–H and O–H groups in total. The number of nitrogens with one attached hydrogen (secondary N) is 1. The van der Waals surface area contributed by atoms with Gasteiger partial charge >= 0.3 is 23.8 Å². The van der Waals surface area contributed by atoms with E-state index in [1.807, 2.05) is 0 Å². The standard InChI is InChI=1S/C15H11F3N2O5/c16-15(17,18)7-20-11-2-1-9(4-10(11)19-14(20)23)13(22)25-6-8-3-12(21)24-5-8/h1-4H,5-7H2,(H,19,23). The number of aromatic amines is 1. The molecule has 1 aliphatic rings. The Morgan fingerprint density at radius 3 is 2.72 bits per heavy atom. The Kier molecular flexibility index (Phi) is 4.11. The van der Waals surface area contributed by atoms with Gasteiger partial charge in [0, 0.05) is 11.6 Å². The highest BCUT2D eigenvalue weighted by molar-refractivity contribution is 5.94. The highest BCUT2D eigenvalue weighted by Crippen LogP contribution is 2.20. The first kappa shape index (κ1) is 16.8. The van der Waals surface area contributed by atoms with Gasteiger partial charge in [0.15, 0.2) is 0 Å². The van der Waals surface area contributed by atoms with Gasteiger partial charge in [-0.25, -0.2) is 14.4 Å². The van der Waals surface area contributed by atoms with E-state index in [4.69, 9.17) is 4.74 Å². The van der Waals surface area contributed by atoms with E-state index >= 15 is 0 Å². The molecule has 0 spiro atoms. The maximum Gasteiger partial charge on any atom is 0.406 e. The number of fused-ring (bicyclic) bond motifs is 1. The van der Waals surface area contributed by atoms with E-state index in [2.05, 4.69) is 9.72 Å². The van der Waals surface area contributed by atoms with Crippen LogP contribution in [-0.2, 0) is 20.8 Å². The van der Waals surface area contributed by atoms with Crippen LogP contribution in [-0.4, -0.2) is 40.9 Å². The van der Waals surface area contributed by atoms with E-state index in [0.717, 1.165) is 0 Å². The second-order valence-corrected chi connectivity index (χ2v) is 5.35. The van der Waals surface area contributed by atoms with Gasteiger partial charge in [0.05, 0.1) is 16.6 Å². The summed E-state index contributed by atoms with van der Waals surface area (Å²) >= 11 is 0. The topological polar surface area (TPSA) is 90.4 Å². The predicted molar refractivity (Wildman–Crippen MR) is 77.9 cm³/mol. The number of rotatable bonds is 4. The maximum atomic E-state index is 12.5. The third-order valence-electron chi connectivity index (χ3n) is 3.46. The van der Waals surface area contributed by atoms with Crippen molar-refractivity contribution >= 4 is 23.0 Å². The molecule has 7 nitrogen and oxygen atoms in total. The van der Waals surface area contributed by atoms with Crippen molar-refractivity contribution in [1.29, 1.82) is 0 Å². The van der Waals surface area contributed by atoms with Crippen LogP contribution >= 0.6 is 0 Å². The van der Waals surface area contributed by atoms with Crippen molar-refractivity contribution in [2.24, 2.45) is 0 Å². The highest BCUT2D eigenvalue weighted by Gasteiger charge is 2.30. The molecular weight excluding hydrogens is 345 g/mol. The summed E-state index contributed by atoms with van der Waals surface area (Å²) in [6.07, 6.45) is -3.34. The number of aromatic nitrogens is 2. The molecule has 1 aliphatic heterocycles. The molecule has 2 aromatic rings. The Hall–Kier alpha value is -3.04. The molecule has 0 aliphatic carbocycles. The third-order valence-corrected chi connectivity index (χ3v) is 3.46. The summed E-state index contributed by atoms with van der Waals surface area (Å²) in [5.41, 5.74) is -0.272. The maximum absolute atomic E-state index is 12.5. The molecule has 1 aromatic heterocycles. The van der Waals surface area contributed by atoms with Gasteiger partial charge in [0.25, 0.3) is 0 Å². The van der Waals surface area contributed by atoms with Gasteiger partial charge in [-0.1, -0.05) is 0 Å². The number of cyclic esters (lactones) is 1. The van der Waals surface area contributed by atoms with Crippen LogP contribution < -0.4 is 5.69 Å². The molecule has 3 rings (SSSR count). The van der Waals surface area contributed by atoms with Crippen LogP contribution in [0.4, 0.5) is 13.2 Å². The van der Waals surface area contributed by atoms with Crippen molar-refractivity contribution in [1.82, 2.24) is 9.55 Å². The number of halogens is 3. The summed E-state index contributed by atoms with van der Waals surface area (Å²) in [5, 5.41) is 0. The zero-order chi connectivity index (χ0) is 18.2. The number of benzene rings is 1. The molecule has 0 bridgehead atoms. The Labute approximate surface area is 137 Å². The monoisotopic (exact) mass is 356 g/mol. The van der Waals surface area contributed by atoms with Gasteiger partial charge in [-0.05, 0) is 18.2 Å². The van der Waals surface area contributed by atoms with E-state index in [9.17, 15) is 27.6 Å². The second kappa shape index (κ2) is 6.11. The Morgan fingerprint density at radius 1 is 1.32 bits per heavy atom. The van der Waals surface area contributed by atoms with E-state index in [-0.39, 0.29) is 29.8 Å². The molecule has 1 aromatic carbocycles. The predicted octanol–water partition coefficient (Wildman–Crippen LogP) is 1.53. The van der Waals surface area contributed by atoms with Crippen LogP contribution in [0, 0.1) is 0 Å². The minimum Gasteiger partial charge on any atom is -0.458 e. The number of carbonyl (C=O) groups excluding carboxylic acids is 2. The van der Waals surface area contributed by atoms with Gasteiger partial charge < -0.3 is 14.5 Å². The smallest absolute Gasteiger partial charge is 0.406 e. The van der Waals surface area contributed by atoms with Gasteiger partial charge in [-0.15, -0.1) is 0 Å². The molecule has 0 saturated carbocycles. The minimum atomic E-state index is -4.55. The fraction of sp³-hybridized carbons (Fsp3) is 0.267. The molecule has 0 fully saturated rings. The number of hydrogen-bond acceptors (Lipinski definition) is 5. The van der Waals surface area contributed by atoms with Crippen molar-refractivity contribution in [3.8, 4) is 0 Å². The zero-order valence-corrected chi connectivity index (χ0v) is 12.6. The molecule has 0 amide bonds. The number of H-pyrrole nitrogens is 1. The van der Waals surface area contributed by atoms with Crippen LogP contribution in [0.25, 0.3) is 11.0 Å². The van der Waals surface area contributed by atoms with Gasteiger partial charge in [-0.2, -0.15) is 13.2 Å². The van der Waals surface area contributed by atoms with Gasteiger partial charge in [-0.3, -0.25) is 4.57 Å². The van der Waals surface area contributed by atoms with Crippen LogP contribution in [0.5, 0.6) is 0 Å². The number of hydrogen-bond donors (Lipinski definition) is 1. The molecule has 132 valence electrons. The van der Waals surface area contributed by atoms with Crippen molar-refractivity contribution in [3.05, 3.63) is 45.9 Å². The summed E-state index contributed by atoms with van der Waals surface area (Å²) in [4.78, 5) is 36.8. The van der Waals surface area contributed by atoms with E-state index < -0.39 is 30.3 Å². The third kappa shape index (κ3) is 3.73. The number of nitrogens with zero attached hydrogens (tertiary/aromatic N) is 1. The lowest BCUT2D eigenvalue weighted by Crippen LogP contribution is -2.26. The Bertz CT molecular complexity index is 939. The molecule has 2 heterocycles. The second-order valence-electron chi connectivity index (χ2n) is 5.35. The van der Waals surface area contributed by atoms with Crippen molar-refractivity contribution in [3.63, 3.8) is 0 Å². The summed E-state index contributed by atoms with van der Waals surface area (Å²) in [5.74, 6) is -1.26. The first-order valence-corrected chi connectivity index (χ1v) is 7.05. The minimum absolute atomic E-state index is 0.0244. The van der Waals surface area contributed by atoms with E-state index in [1.54, 1.807) is 0 Å². The quantitative estimate of drug-likeness (QED) is 0.839. The largest absolute Gasteiger partial charge is 0.458 e. The molecule has 25 heavy (non-hydrogen) atoms. The summed E-state index contributed by atoms with van der Waals surface area (Å²) < 4.78 is 47.8. The average Bonchev–Trinajstić information content (AvgIpc) is 3.07. The fourth-order valence-corrected chi connectivity index (χ4v) is 2.37. The normalized spacial score (nSPS) is 14.5. The number of imidazole rings is 1. The summed E-state index contributed by atoms with van der Waals surface area (Å²) in [6.45, 7) is -1.54. The van der Waals surface area contributed by atoms with Crippen molar-refractivity contribution < 1.29 is 32.2 Å². The fourth-order valence-electron chi connectivity index (χ4n) is 2.37. The summed E-state index contributed by atoms with van der Waals surface area (Å²) in [6, 6.07) is 3.73. The molecule has 0 atom stereocenters. The molecule has 10 heteroatoms. The van der Waals surface area contributed by atoms with Crippen LogP contribution in [0.1, 0.15) is 10.4 Å². The lowest BCUT2D eigenvalue weighted by atomic mass is 10.2. The van der Waals surface area contributed by atoms with Crippen LogP contribution in [0.3, 0.4) is 0 Å². The summed E-state index contributed by atoms with van der Waals surface area (Å²) in [7, 11) is 0. The first-order valence-electron chi connectivity index (χ1n) is 7.05. The molecule has 0 saturated heterocycles. The van der Waals surface area contributed by atoms with Crippen molar-refractivity contribution in [2.75, 3.05) is 13.2 Å². The van der Waals surface area contributed by atoms with Crippen LogP contribution in [0.15, 0.2) is 34.6 Å². The average molecular weight is 356 g/mol. The Morgan fingerprint density at radius 2 is 2.08 bits per heavy atom. The number of ether oxygens (including phenoxy) is 2. The molecule has 0 radical (unpaired) electrons. The Balaban J connectivity index is 1.79. The zero-order valence-electron chi connectivity index (χ0n) is 12.6.